The number of likely N-dealkylation sites (tertiary alicyclic amines) is 1. The van der Waals surface area contributed by atoms with Crippen molar-refractivity contribution in [3.63, 3.8) is 0 Å². The zero-order chi connectivity index (χ0) is 10.0. The summed E-state index contributed by atoms with van der Waals surface area (Å²) in [7, 11) is 2.20. The van der Waals surface area contributed by atoms with Crippen molar-refractivity contribution in [3.8, 4) is 6.07 Å². The Balaban J connectivity index is 1.87. The minimum atomic E-state index is 0.0862. The summed E-state index contributed by atoms with van der Waals surface area (Å²) in [5, 5.41) is 9.17. The van der Waals surface area contributed by atoms with Gasteiger partial charge in [0.05, 0.1) is 11.5 Å². The molecule has 1 aliphatic carbocycles. The van der Waals surface area contributed by atoms with E-state index in [1.54, 1.807) is 0 Å². The average Bonchev–Trinajstić information content (AvgIpc) is 2.11. The van der Waals surface area contributed by atoms with Gasteiger partial charge in [0.15, 0.2) is 0 Å². The molecule has 2 heteroatoms. The van der Waals surface area contributed by atoms with Crippen molar-refractivity contribution in [1.82, 2.24) is 4.90 Å². The molecule has 0 radical (unpaired) electrons. The Hall–Kier alpha value is -0.550. The van der Waals surface area contributed by atoms with E-state index < -0.39 is 0 Å². The Morgan fingerprint density at radius 3 is 2.71 bits per heavy atom. The molecule has 14 heavy (non-hydrogen) atoms. The van der Waals surface area contributed by atoms with E-state index in [-0.39, 0.29) is 5.41 Å². The molecule has 1 saturated heterocycles. The van der Waals surface area contributed by atoms with E-state index in [0.717, 1.165) is 25.2 Å². The van der Waals surface area contributed by atoms with E-state index >= 15 is 0 Å². The summed E-state index contributed by atoms with van der Waals surface area (Å²) in [4.78, 5) is 2.41. The first kappa shape index (κ1) is 9.98. The fourth-order valence-electron chi connectivity index (χ4n) is 2.96. The molecule has 0 spiro atoms. The van der Waals surface area contributed by atoms with Crippen LogP contribution < -0.4 is 0 Å². The van der Waals surface area contributed by atoms with E-state index in [9.17, 15) is 0 Å². The Bertz CT molecular complexity index is 237. The van der Waals surface area contributed by atoms with Crippen LogP contribution in [0.4, 0.5) is 0 Å². The molecule has 1 unspecified atom stereocenters. The number of nitrogens with zero attached hydrogens (tertiary/aromatic N) is 2. The molecule has 0 aromatic heterocycles. The second-order valence-electron chi connectivity index (χ2n) is 5.22. The highest BCUT2D eigenvalue weighted by Crippen LogP contribution is 2.46. The summed E-state index contributed by atoms with van der Waals surface area (Å²) < 4.78 is 0. The van der Waals surface area contributed by atoms with Crippen LogP contribution in [0.15, 0.2) is 0 Å². The van der Waals surface area contributed by atoms with Gasteiger partial charge in [0.1, 0.15) is 0 Å². The lowest BCUT2D eigenvalue weighted by Gasteiger charge is -2.40. The van der Waals surface area contributed by atoms with Crippen molar-refractivity contribution in [1.29, 1.82) is 5.26 Å². The fraction of sp³-hybridized carbons (Fsp3) is 0.917. The quantitative estimate of drug-likeness (QED) is 0.672. The van der Waals surface area contributed by atoms with Crippen molar-refractivity contribution in [2.45, 2.75) is 38.5 Å². The minimum absolute atomic E-state index is 0.0862. The summed E-state index contributed by atoms with van der Waals surface area (Å²) in [6.45, 7) is 2.46. The van der Waals surface area contributed by atoms with Crippen LogP contribution in [0.5, 0.6) is 0 Å². The summed E-state index contributed by atoms with van der Waals surface area (Å²) in [5.41, 5.74) is 0.0862. The molecular formula is C12H20N2. The number of nitriles is 1. The van der Waals surface area contributed by atoms with Gasteiger partial charge in [0.25, 0.3) is 0 Å². The van der Waals surface area contributed by atoms with E-state index in [0.29, 0.717) is 0 Å². The molecule has 0 aromatic carbocycles. The van der Waals surface area contributed by atoms with Crippen LogP contribution in [0.1, 0.15) is 38.5 Å². The molecular weight excluding hydrogens is 172 g/mol. The highest BCUT2D eigenvalue weighted by Gasteiger charge is 2.39. The van der Waals surface area contributed by atoms with Crippen molar-refractivity contribution < 1.29 is 0 Å². The largest absolute Gasteiger partial charge is 0.306 e. The predicted molar refractivity (Wildman–Crippen MR) is 56.7 cm³/mol. The Kier molecular flexibility index (Phi) is 2.78. The standard InChI is InChI=1S/C12H20N2/c1-14-7-2-4-11(9-14)8-12(10-13)5-3-6-12/h11H,2-9H2,1H3. The van der Waals surface area contributed by atoms with Gasteiger partial charge in [-0.25, -0.2) is 0 Å². The van der Waals surface area contributed by atoms with Crippen LogP contribution in [0, 0.1) is 22.7 Å². The Labute approximate surface area is 86.9 Å². The summed E-state index contributed by atoms with van der Waals surface area (Å²) in [5.74, 6) is 0.786. The van der Waals surface area contributed by atoms with Crippen molar-refractivity contribution in [3.05, 3.63) is 0 Å². The maximum absolute atomic E-state index is 9.17. The number of piperidine rings is 1. The molecule has 2 aliphatic rings. The molecule has 1 atom stereocenters. The molecule has 2 nitrogen and oxygen atoms in total. The number of hydrogen-bond donors (Lipinski definition) is 0. The second-order valence-corrected chi connectivity index (χ2v) is 5.22. The van der Waals surface area contributed by atoms with E-state index in [2.05, 4.69) is 18.0 Å². The van der Waals surface area contributed by atoms with E-state index in [4.69, 9.17) is 5.26 Å². The number of hydrogen-bond acceptors (Lipinski definition) is 2. The first-order chi connectivity index (χ1) is 6.74. The van der Waals surface area contributed by atoms with Gasteiger partial charge in [-0.05, 0) is 51.6 Å². The van der Waals surface area contributed by atoms with Crippen molar-refractivity contribution >= 4 is 0 Å². The van der Waals surface area contributed by atoms with E-state index in [1.165, 1.54) is 32.4 Å². The lowest BCUT2D eigenvalue weighted by atomic mass is 9.64. The third-order valence-corrected chi connectivity index (χ3v) is 3.95. The van der Waals surface area contributed by atoms with Gasteiger partial charge in [0, 0.05) is 6.54 Å². The van der Waals surface area contributed by atoms with Crippen LogP contribution in [0.2, 0.25) is 0 Å². The molecule has 0 aromatic rings. The fourth-order valence-corrected chi connectivity index (χ4v) is 2.96. The summed E-state index contributed by atoms with van der Waals surface area (Å²) >= 11 is 0. The molecule has 2 fully saturated rings. The van der Waals surface area contributed by atoms with Gasteiger partial charge in [-0.1, -0.05) is 6.42 Å². The number of rotatable bonds is 2. The molecule has 0 bridgehead atoms. The molecule has 1 saturated carbocycles. The molecule has 0 amide bonds. The molecule has 2 rings (SSSR count). The Morgan fingerprint density at radius 1 is 1.43 bits per heavy atom. The molecule has 0 N–H and O–H groups in total. The SMILES string of the molecule is CN1CCCC(CC2(C#N)CCC2)C1. The monoisotopic (exact) mass is 192 g/mol. The summed E-state index contributed by atoms with van der Waals surface area (Å²) in [6.07, 6.45) is 7.41. The lowest BCUT2D eigenvalue weighted by Crippen LogP contribution is -2.37. The average molecular weight is 192 g/mol. The van der Waals surface area contributed by atoms with Crippen LogP contribution in [0.3, 0.4) is 0 Å². The van der Waals surface area contributed by atoms with Gasteiger partial charge < -0.3 is 4.90 Å². The third kappa shape index (κ3) is 1.93. The van der Waals surface area contributed by atoms with Gasteiger partial charge in [-0.15, -0.1) is 0 Å². The third-order valence-electron chi connectivity index (χ3n) is 3.95. The lowest BCUT2D eigenvalue weighted by molar-refractivity contribution is 0.116. The van der Waals surface area contributed by atoms with Crippen LogP contribution in [0.25, 0.3) is 0 Å². The molecule has 1 heterocycles. The first-order valence-corrected chi connectivity index (χ1v) is 5.84. The van der Waals surface area contributed by atoms with Gasteiger partial charge in [-0.2, -0.15) is 5.26 Å². The topological polar surface area (TPSA) is 27.0 Å². The molecule has 78 valence electrons. The zero-order valence-corrected chi connectivity index (χ0v) is 9.13. The normalized spacial score (nSPS) is 31.9. The van der Waals surface area contributed by atoms with Crippen LogP contribution in [-0.4, -0.2) is 25.0 Å². The van der Waals surface area contributed by atoms with Crippen molar-refractivity contribution in [2.24, 2.45) is 11.3 Å². The van der Waals surface area contributed by atoms with Gasteiger partial charge in [0.2, 0.25) is 0 Å². The molecule has 1 aliphatic heterocycles. The maximum atomic E-state index is 9.17. The highest BCUT2D eigenvalue weighted by atomic mass is 15.1. The van der Waals surface area contributed by atoms with Crippen LogP contribution in [-0.2, 0) is 0 Å². The maximum Gasteiger partial charge on any atom is 0.0689 e. The van der Waals surface area contributed by atoms with Crippen LogP contribution >= 0.6 is 0 Å². The van der Waals surface area contributed by atoms with Gasteiger partial charge >= 0.3 is 0 Å². The zero-order valence-electron chi connectivity index (χ0n) is 9.13. The minimum Gasteiger partial charge on any atom is -0.306 e. The highest BCUT2D eigenvalue weighted by molar-refractivity contribution is 5.05. The van der Waals surface area contributed by atoms with Gasteiger partial charge in [-0.3, -0.25) is 0 Å². The van der Waals surface area contributed by atoms with Crippen molar-refractivity contribution in [2.75, 3.05) is 20.1 Å². The second kappa shape index (κ2) is 3.90. The van der Waals surface area contributed by atoms with E-state index in [1.807, 2.05) is 0 Å². The summed E-state index contributed by atoms with van der Waals surface area (Å²) in [6, 6.07) is 2.56. The Morgan fingerprint density at radius 2 is 2.21 bits per heavy atom. The predicted octanol–water partition coefficient (Wildman–Crippen LogP) is 2.41. The smallest absolute Gasteiger partial charge is 0.0689 e. The first-order valence-electron chi connectivity index (χ1n) is 5.84.